The molecule has 0 bridgehead atoms. The van der Waals surface area contributed by atoms with Gasteiger partial charge in [0.15, 0.2) is 0 Å². The molecule has 0 fully saturated rings. The molecule has 0 aliphatic rings. The van der Waals surface area contributed by atoms with Gasteiger partial charge in [0.05, 0.1) is 28.1 Å². The number of H-pyrrole nitrogens is 1. The van der Waals surface area contributed by atoms with Crippen LogP contribution in [0.15, 0.2) is 66.7 Å². The Morgan fingerprint density at radius 2 is 1.78 bits per heavy atom. The fourth-order valence-corrected chi connectivity index (χ4v) is 3.89. The highest BCUT2D eigenvalue weighted by molar-refractivity contribution is 6.33. The number of hydrogen-bond acceptors (Lipinski definition) is 5. The topological polar surface area (TPSA) is 116 Å². The van der Waals surface area contributed by atoms with Gasteiger partial charge in [-0.25, -0.2) is 10.5 Å². The number of halogens is 1. The predicted octanol–water partition coefficient (Wildman–Crippen LogP) is 6.07. The second-order valence-corrected chi connectivity index (χ2v) is 10.4. The molecule has 0 radical (unpaired) electrons. The highest BCUT2D eigenvalue weighted by Gasteiger charge is 2.43. The van der Waals surface area contributed by atoms with Crippen molar-refractivity contribution in [1.29, 1.82) is 0 Å². The standard InChI is InChI=1S/C28H29ClN4O4/c1-27(2,28(3,4)26(35)33-36)16-37-19-9-7-8-17(14-19)25(34)30-18-12-13-21(29)20(15-18)24-31-22-10-5-6-11-23(22)32-24/h5-15,36H,16H2,1-4H3,(H,30,34)(H,31,32)(H,33,35). The first-order valence-corrected chi connectivity index (χ1v) is 12.1. The van der Waals surface area contributed by atoms with E-state index in [0.29, 0.717) is 33.4 Å². The number of nitrogens with zero attached hydrogens (tertiary/aromatic N) is 1. The van der Waals surface area contributed by atoms with Crippen molar-refractivity contribution in [2.45, 2.75) is 27.7 Å². The number of anilines is 1. The molecule has 2 amide bonds. The van der Waals surface area contributed by atoms with E-state index < -0.39 is 16.7 Å². The van der Waals surface area contributed by atoms with Gasteiger partial charge in [-0.15, -0.1) is 0 Å². The van der Waals surface area contributed by atoms with Gasteiger partial charge >= 0.3 is 0 Å². The average Bonchev–Trinajstić information content (AvgIpc) is 3.32. The summed E-state index contributed by atoms with van der Waals surface area (Å²) in [5, 5.41) is 12.5. The fourth-order valence-electron chi connectivity index (χ4n) is 3.69. The van der Waals surface area contributed by atoms with Crippen LogP contribution in [0, 0.1) is 10.8 Å². The first-order chi connectivity index (χ1) is 17.5. The second-order valence-electron chi connectivity index (χ2n) is 10.0. The van der Waals surface area contributed by atoms with E-state index in [1.807, 2.05) is 38.1 Å². The van der Waals surface area contributed by atoms with Gasteiger partial charge in [-0.3, -0.25) is 14.8 Å². The van der Waals surface area contributed by atoms with Crippen molar-refractivity contribution < 1.29 is 19.5 Å². The minimum absolute atomic E-state index is 0.191. The van der Waals surface area contributed by atoms with Crippen molar-refractivity contribution in [3.63, 3.8) is 0 Å². The lowest BCUT2D eigenvalue weighted by Crippen LogP contribution is -2.48. The Hall–Kier alpha value is -3.88. The number of hydrogen-bond donors (Lipinski definition) is 4. The SMILES string of the molecule is CC(C)(COc1cccc(C(=O)Nc2ccc(Cl)c(-c3nc4ccccc4[nH]3)c2)c1)C(C)(C)C(=O)NO. The first-order valence-electron chi connectivity index (χ1n) is 11.8. The van der Waals surface area contributed by atoms with Gasteiger partial charge in [0.1, 0.15) is 11.6 Å². The van der Waals surface area contributed by atoms with Crippen molar-refractivity contribution in [3.05, 3.63) is 77.3 Å². The normalized spacial score (nSPS) is 11.8. The monoisotopic (exact) mass is 520 g/mol. The number of carbonyl (C=O) groups excluding carboxylic acids is 2. The highest BCUT2D eigenvalue weighted by Crippen LogP contribution is 2.39. The summed E-state index contributed by atoms with van der Waals surface area (Å²) in [7, 11) is 0. The van der Waals surface area contributed by atoms with E-state index >= 15 is 0 Å². The van der Waals surface area contributed by atoms with Gasteiger partial charge in [0.25, 0.3) is 5.91 Å². The summed E-state index contributed by atoms with van der Waals surface area (Å²) in [5.74, 6) is 0.278. The number of rotatable bonds is 8. The number of aromatic amines is 1. The van der Waals surface area contributed by atoms with Gasteiger partial charge in [-0.2, -0.15) is 0 Å². The van der Waals surface area contributed by atoms with Crippen LogP contribution in [0.2, 0.25) is 5.02 Å². The maximum Gasteiger partial charge on any atom is 0.255 e. The molecule has 1 aromatic heterocycles. The molecule has 0 saturated heterocycles. The summed E-state index contributed by atoms with van der Waals surface area (Å²) >= 11 is 6.44. The zero-order valence-electron chi connectivity index (χ0n) is 21.1. The van der Waals surface area contributed by atoms with E-state index in [-0.39, 0.29) is 12.5 Å². The average molecular weight is 521 g/mol. The summed E-state index contributed by atoms with van der Waals surface area (Å²) in [5.41, 5.74) is 3.56. The first kappa shape index (κ1) is 26.2. The Labute approximate surface area is 220 Å². The summed E-state index contributed by atoms with van der Waals surface area (Å²) in [6, 6.07) is 19.7. The van der Waals surface area contributed by atoms with E-state index in [9.17, 15) is 9.59 Å². The largest absolute Gasteiger partial charge is 0.493 e. The van der Waals surface area contributed by atoms with Crippen molar-refractivity contribution in [2.75, 3.05) is 11.9 Å². The Morgan fingerprint density at radius 1 is 1.03 bits per heavy atom. The zero-order valence-corrected chi connectivity index (χ0v) is 21.8. The minimum atomic E-state index is -0.900. The third-order valence-corrected chi connectivity index (χ3v) is 7.26. The highest BCUT2D eigenvalue weighted by atomic mass is 35.5. The van der Waals surface area contributed by atoms with Crippen LogP contribution in [0.1, 0.15) is 38.1 Å². The number of hydroxylamine groups is 1. The lowest BCUT2D eigenvalue weighted by molar-refractivity contribution is -0.145. The lowest BCUT2D eigenvalue weighted by Gasteiger charge is -2.39. The molecule has 4 N–H and O–H groups in total. The van der Waals surface area contributed by atoms with Gasteiger partial charge in [-0.1, -0.05) is 57.5 Å². The van der Waals surface area contributed by atoms with Crippen molar-refractivity contribution >= 4 is 40.1 Å². The molecule has 37 heavy (non-hydrogen) atoms. The molecule has 0 saturated carbocycles. The molecule has 9 heteroatoms. The van der Waals surface area contributed by atoms with Crippen molar-refractivity contribution in [3.8, 4) is 17.1 Å². The summed E-state index contributed by atoms with van der Waals surface area (Å²) < 4.78 is 5.94. The van der Waals surface area contributed by atoms with Gasteiger partial charge in [0.2, 0.25) is 5.91 Å². The van der Waals surface area contributed by atoms with Crippen LogP contribution in [0.3, 0.4) is 0 Å². The van der Waals surface area contributed by atoms with Crippen molar-refractivity contribution in [1.82, 2.24) is 15.4 Å². The molecule has 0 unspecified atom stereocenters. The van der Waals surface area contributed by atoms with E-state index in [4.69, 9.17) is 21.5 Å². The Balaban J connectivity index is 1.49. The number of fused-ring (bicyclic) bond motifs is 1. The van der Waals surface area contributed by atoms with Crippen LogP contribution in [0.4, 0.5) is 5.69 Å². The van der Waals surface area contributed by atoms with Crippen LogP contribution >= 0.6 is 11.6 Å². The van der Waals surface area contributed by atoms with E-state index in [0.717, 1.165) is 11.0 Å². The van der Waals surface area contributed by atoms with Crippen LogP contribution < -0.4 is 15.5 Å². The molecular formula is C28H29ClN4O4. The third kappa shape index (κ3) is 5.45. The van der Waals surface area contributed by atoms with Gasteiger partial charge in [0, 0.05) is 22.2 Å². The number of carbonyl (C=O) groups is 2. The van der Waals surface area contributed by atoms with Gasteiger partial charge < -0.3 is 15.0 Å². The lowest BCUT2D eigenvalue weighted by atomic mass is 9.68. The molecule has 3 aromatic carbocycles. The number of imidazole rings is 1. The Bertz CT molecular complexity index is 1430. The maximum absolute atomic E-state index is 13.0. The maximum atomic E-state index is 13.0. The Kier molecular flexibility index (Phi) is 7.25. The van der Waals surface area contributed by atoms with Crippen LogP contribution in [0.25, 0.3) is 22.4 Å². The number of ether oxygens (including phenoxy) is 1. The molecule has 8 nitrogen and oxygen atoms in total. The smallest absolute Gasteiger partial charge is 0.255 e. The molecular weight excluding hydrogens is 492 g/mol. The van der Waals surface area contributed by atoms with Gasteiger partial charge in [-0.05, 0) is 48.5 Å². The summed E-state index contributed by atoms with van der Waals surface area (Å²) in [6.07, 6.45) is 0. The molecule has 192 valence electrons. The van der Waals surface area contributed by atoms with E-state index in [1.165, 1.54) is 0 Å². The summed E-state index contributed by atoms with van der Waals surface area (Å²) in [4.78, 5) is 33.0. The number of nitrogens with one attached hydrogen (secondary N) is 3. The Morgan fingerprint density at radius 3 is 2.51 bits per heavy atom. The fraction of sp³-hybridized carbons (Fsp3) is 0.250. The van der Waals surface area contributed by atoms with Crippen molar-refractivity contribution in [2.24, 2.45) is 10.8 Å². The molecule has 0 spiro atoms. The van der Waals surface area contributed by atoms with Crippen LogP contribution in [0.5, 0.6) is 5.75 Å². The number of amides is 2. The quantitative estimate of drug-likeness (QED) is 0.166. The van der Waals surface area contributed by atoms with Crippen LogP contribution in [-0.4, -0.2) is 33.6 Å². The second kappa shape index (κ2) is 10.2. The summed E-state index contributed by atoms with van der Waals surface area (Å²) in [6.45, 7) is 7.41. The van der Waals surface area contributed by atoms with E-state index in [1.54, 1.807) is 61.8 Å². The molecule has 0 atom stereocenters. The number of para-hydroxylation sites is 2. The predicted molar refractivity (Wildman–Crippen MR) is 144 cm³/mol. The third-order valence-electron chi connectivity index (χ3n) is 6.93. The van der Waals surface area contributed by atoms with E-state index in [2.05, 4.69) is 15.3 Å². The molecule has 1 heterocycles. The molecule has 0 aliphatic heterocycles. The molecule has 4 aromatic rings. The molecule has 4 rings (SSSR count). The molecule has 0 aliphatic carbocycles. The zero-order chi connectivity index (χ0) is 26.8. The minimum Gasteiger partial charge on any atom is -0.493 e. The van der Waals surface area contributed by atoms with Crippen LogP contribution in [-0.2, 0) is 4.79 Å². The number of benzene rings is 3. The number of aromatic nitrogens is 2.